The van der Waals surface area contributed by atoms with Gasteiger partial charge in [0.1, 0.15) is 5.75 Å². The van der Waals surface area contributed by atoms with Crippen molar-refractivity contribution in [3.63, 3.8) is 0 Å². The first-order chi connectivity index (χ1) is 8.65. The van der Waals surface area contributed by atoms with E-state index >= 15 is 0 Å². The smallest absolute Gasteiger partial charge is 0.409 e. The molecule has 2 heterocycles. The third-order valence-electron chi connectivity index (χ3n) is 3.78. The minimum atomic E-state index is -0.234. The number of likely N-dealkylation sites (tertiary alicyclic amines) is 2. The summed E-state index contributed by atoms with van der Waals surface area (Å²) >= 11 is 3.38. The molecule has 4 nitrogen and oxygen atoms in total. The molecule has 5 heteroatoms. The first kappa shape index (κ1) is 12.0. The Balaban J connectivity index is 1.69. The van der Waals surface area contributed by atoms with Crippen LogP contribution in [-0.4, -0.2) is 48.1 Å². The summed E-state index contributed by atoms with van der Waals surface area (Å²) in [5.74, 6) is 0.582. The van der Waals surface area contributed by atoms with Crippen molar-refractivity contribution in [2.75, 3.05) is 20.1 Å². The van der Waals surface area contributed by atoms with Gasteiger partial charge in [-0.25, -0.2) is 4.79 Å². The zero-order chi connectivity index (χ0) is 12.7. The van der Waals surface area contributed by atoms with E-state index < -0.39 is 0 Å². The second-order valence-electron chi connectivity index (χ2n) is 4.93. The van der Waals surface area contributed by atoms with Crippen LogP contribution in [-0.2, 0) is 0 Å². The Labute approximate surface area is 115 Å². The van der Waals surface area contributed by atoms with Crippen LogP contribution in [0.1, 0.15) is 6.42 Å². The molecule has 96 valence electrons. The largest absolute Gasteiger partial charge is 0.415 e. The molecule has 0 saturated carbocycles. The summed E-state index contributed by atoms with van der Waals surface area (Å²) < 4.78 is 6.24. The maximum absolute atomic E-state index is 12.1. The molecule has 3 rings (SSSR count). The summed E-state index contributed by atoms with van der Waals surface area (Å²) in [6, 6.07) is 8.23. The summed E-state index contributed by atoms with van der Waals surface area (Å²) in [6.07, 6.45) is 0.837. The highest BCUT2D eigenvalue weighted by Crippen LogP contribution is 2.31. The number of carbonyl (C=O) groups is 1. The van der Waals surface area contributed by atoms with E-state index in [0.29, 0.717) is 17.8 Å². The zero-order valence-corrected chi connectivity index (χ0v) is 11.8. The van der Waals surface area contributed by atoms with E-state index in [9.17, 15) is 4.79 Å². The van der Waals surface area contributed by atoms with Gasteiger partial charge in [-0.3, -0.25) is 4.90 Å². The molecule has 2 unspecified atom stereocenters. The van der Waals surface area contributed by atoms with Gasteiger partial charge in [0.15, 0.2) is 0 Å². The highest BCUT2D eigenvalue weighted by atomic mass is 79.9. The number of rotatable bonds is 1. The Bertz CT molecular complexity index is 478. The Kier molecular flexibility index (Phi) is 3.03. The fourth-order valence-corrected chi connectivity index (χ4v) is 3.14. The maximum atomic E-state index is 12.1. The number of carbonyl (C=O) groups excluding carboxylic acids is 1. The normalized spacial score (nSPS) is 26.7. The number of ether oxygens (including phenoxy) is 1. The third kappa shape index (κ3) is 2.01. The van der Waals surface area contributed by atoms with E-state index in [4.69, 9.17) is 4.74 Å². The lowest BCUT2D eigenvalue weighted by atomic mass is 10.2. The predicted octanol–water partition coefficient (Wildman–Crippen LogP) is 2.34. The number of para-hydroxylation sites is 1. The third-order valence-corrected chi connectivity index (χ3v) is 4.44. The zero-order valence-electron chi connectivity index (χ0n) is 10.2. The van der Waals surface area contributed by atoms with Gasteiger partial charge in [-0.2, -0.15) is 0 Å². The second-order valence-corrected chi connectivity index (χ2v) is 5.79. The topological polar surface area (TPSA) is 32.8 Å². The molecule has 0 radical (unpaired) electrons. The van der Waals surface area contributed by atoms with Gasteiger partial charge in [-0.15, -0.1) is 0 Å². The van der Waals surface area contributed by atoms with Crippen molar-refractivity contribution in [3.8, 4) is 5.75 Å². The van der Waals surface area contributed by atoms with E-state index in [1.807, 2.05) is 23.1 Å². The molecule has 2 atom stereocenters. The number of amides is 1. The summed E-state index contributed by atoms with van der Waals surface area (Å²) in [7, 11) is 2.11. The molecule has 0 aromatic heterocycles. The first-order valence-electron chi connectivity index (χ1n) is 6.08. The van der Waals surface area contributed by atoms with Crippen molar-refractivity contribution in [2.45, 2.75) is 18.5 Å². The van der Waals surface area contributed by atoms with Gasteiger partial charge in [0, 0.05) is 25.2 Å². The van der Waals surface area contributed by atoms with Crippen LogP contribution in [0.4, 0.5) is 4.79 Å². The number of fused-ring (bicyclic) bond motifs is 2. The van der Waals surface area contributed by atoms with Gasteiger partial charge in [-0.05, 0) is 41.5 Å². The lowest BCUT2D eigenvalue weighted by Crippen LogP contribution is -2.48. The molecule has 1 aromatic rings. The maximum Gasteiger partial charge on any atom is 0.415 e. The lowest BCUT2D eigenvalue weighted by Gasteiger charge is -2.31. The van der Waals surface area contributed by atoms with E-state index in [2.05, 4.69) is 27.9 Å². The van der Waals surface area contributed by atoms with Crippen LogP contribution in [0.2, 0.25) is 0 Å². The van der Waals surface area contributed by atoms with Crippen LogP contribution in [0.3, 0.4) is 0 Å². The van der Waals surface area contributed by atoms with Gasteiger partial charge in [0.25, 0.3) is 0 Å². The fraction of sp³-hybridized carbons (Fsp3) is 0.462. The van der Waals surface area contributed by atoms with E-state index in [1.165, 1.54) is 0 Å². The number of hydrogen-bond acceptors (Lipinski definition) is 3. The monoisotopic (exact) mass is 310 g/mol. The molecule has 1 aromatic carbocycles. The Morgan fingerprint density at radius 2 is 2.11 bits per heavy atom. The molecule has 2 saturated heterocycles. The van der Waals surface area contributed by atoms with Gasteiger partial charge >= 0.3 is 6.09 Å². The Morgan fingerprint density at radius 3 is 2.72 bits per heavy atom. The van der Waals surface area contributed by atoms with Gasteiger partial charge in [-0.1, -0.05) is 12.1 Å². The van der Waals surface area contributed by atoms with Crippen molar-refractivity contribution in [1.82, 2.24) is 9.80 Å². The van der Waals surface area contributed by atoms with Crippen molar-refractivity contribution in [1.29, 1.82) is 0 Å². The molecule has 2 aliphatic rings. The first-order valence-corrected chi connectivity index (χ1v) is 6.87. The van der Waals surface area contributed by atoms with Crippen molar-refractivity contribution >= 4 is 22.0 Å². The standard InChI is InChI=1S/C13H15BrN2O2/c1-15-7-10-6-9(15)8-16(10)13(17)18-12-5-3-2-4-11(12)14/h2-5,9-10H,6-8H2,1H3. The van der Waals surface area contributed by atoms with Crippen molar-refractivity contribution < 1.29 is 9.53 Å². The molecule has 1 amide bonds. The molecule has 2 aliphatic heterocycles. The van der Waals surface area contributed by atoms with E-state index in [0.717, 1.165) is 24.0 Å². The van der Waals surface area contributed by atoms with Crippen LogP contribution in [0.25, 0.3) is 0 Å². The van der Waals surface area contributed by atoms with Gasteiger partial charge < -0.3 is 9.64 Å². The van der Waals surface area contributed by atoms with Gasteiger partial charge in [0.05, 0.1) is 4.47 Å². The van der Waals surface area contributed by atoms with Crippen molar-refractivity contribution in [3.05, 3.63) is 28.7 Å². The number of nitrogens with zero attached hydrogens (tertiary/aromatic N) is 2. The number of likely N-dealkylation sites (N-methyl/N-ethyl adjacent to an activating group) is 1. The summed E-state index contributed by atoms with van der Waals surface area (Å²) in [5.41, 5.74) is 0. The molecular weight excluding hydrogens is 296 g/mol. The van der Waals surface area contributed by atoms with Crippen LogP contribution in [0.5, 0.6) is 5.75 Å². The van der Waals surface area contributed by atoms with Crippen LogP contribution < -0.4 is 4.74 Å². The summed E-state index contributed by atoms with van der Waals surface area (Å²) in [6.45, 7) is 1.74. The van der Waals surface area contributed by atoms with Crippen LogP contribution >= 0.6 is 15.9 Å². The second kappa shape index (κ2) is 4.55. The van der Waals surface area contributed by atoms with Crippen molar-refractivity contribution in [2.24, 2.45) is 0 Å². The minimum Gasteiger partial charge on any atom is -0.409 e. The number of benzene rings is 1. The average Bonchev–Trinajstić information content (AvgIpc) is 2.90. The average molecular weight is 311 g/mol. The SMILES string of the molecule is CN1CC2CC1CN2C(=O)Oc1ccccc1Br. The molecule has 0 aliphatic carbocycles. The number of piperazine rings is 1. The van der Waals surface area contributed by atoms with Crippen LogP contribution in [0, 0.1) is 0 Å². The highest BCUT2D eigenvalue weighted by Gasteiger charge is 2.44. The summed E-state index contributed by atoms with van der Waals surface area (Å²) in [4.78, 5) is 16.3. The molecule has 0 N–H and O–H groups in total. The Hall–Kier alpha value is -1.07. The number of hydrogen-bond donors (Lipinski definition) is 0. The quantitative estimate of drug-likeness (QED) is 0.798. The molecule has 2 fully saturated rings. The Morgan fingerprint density at radius 1 is 1.33 bits per heavy atom. The van der Waals surface area contributed by atoms with Crippen LogP contribution in [0.15, 0.2) is 28.7 Å². The van der Waals surface area contributed by atoms with Gasteiger partial charge in [0.2, 0.25) is 0 Å². The van der Waals surface area contributed by atoms with E-state index in [1.54, 1.807) is 6.07 Å². The fourth-order valence-electron chi connectivity index (χ4n) is 2.77. The number of halogens is 1. The van der Waals surface area contributed by atoms with E-state index in [-0.39, 0.29) is 6.09 Å². The lowest BCUT2D eigenvalue weighted by molar-refractivity contribution is 0.117. The molecule has 2 bridgehead atoms. The molecule has 18 heavy (non-hydrogen) atoms. The highest BCUT2D eigenvalue weighted by molar-refractivity contribution is 9.10. The minimum absolute atomic E-state index is 0.234. The molecular formula is C13H15BrN2O2. The molecule has 0 spiro atoms. The predicted molar refractivity (Wildman–Crippen MR) is 71.7 cm³/mol. The summed E-state index contributed by atoms with van der Waals surface area (Å²) in [5, 5.41) is 0.